The molecule has 0 aliphatic heterocycles. The Morgan fingerprint density at radius 1 is 0.657 bits per heavy atom. The molecular formula is C34H29N. The standard InChI is InChI=1S/C34H29N/c1-25-32-15-9-8-12-28(32)22-23-33(25)29-20-18-27(19-21-29)31(17-16-26-10-4-2-5-11-26)24-34(35)30-13-6-3-7-14-30/h2-15,17-24H,16,35H2,1H3/b31-17+,34-24-. The molecule has 0 radical (unpaired) electrons. The third-order valence-corrected chi connectivity index (χ3v) is 6.55. The summed E-state index contributed by atoms with van der Waals surface area (Å²) in [5.41, 5.74) is 15.7. The van der Waals surface area contributed by atoms with Crippen LogP contribution in [0.3, 0.4) is 0 Å². The first kappa shape index (κ1) is 22.4. The molecule has 0 aliphatic rings. The maximum atomic E-state index is 6.52. The van der Waals surface area contributed by atoms with Crippen molar-refractivity contribution in [1.82, 2.24) is 0 Å². The van der Waals surface area contributed by atoms with Gasteiger partial charge in [-0.3, -0.25) is 0 Å². The van der Waals surface area contributed by atoms with E-state index in [9.17, 15) is 0 Å². The normalized spacial score (nSPS) is 12.1. The van der Waals surface area contributed by atoms with Gasteiger partial charge in [-0.25, -0.2) is 0 Å². The van der Waals surface area contributed by atoms with E-state index in [0.29, 0.717) is 0 Å². The van der Waals surface area contributed by atoms with Crippen molar-refractivity contribution in [3.63, 3.8) is 0 Å². The van der Waals surface area contributed by atoms with Gasteiger partial charge < -0.3 is 5.73 Å². The molecule has 0 fully saturated rings. The van der Waals surface area contributed by atoms with Gasteiger partial charge in [-0.15, -0.1) is 0 Å². The zero-order valence-electron chi connectivity index (χ0n) is 20.0. The van der Waals surface area contributed by atoms with Crippen LogP contribution in [0.1, 0.15) is 22.3 Å². The number of allylic oxidation sites excluding steroid dienone is 3. The van der Waals surface area contributed by atoms with Gasteiger partial charge in [0, 0.05) is 5.70 Å². The molecule has 0 aliphatic carbocycles. The summed E-state index contributed by atoms with van der Waals surface area (Å²) in [6, 6.07) is 42.5. The molecule has 0 aromatic heterocycles. The number of hydrogen-bond donors (Lipinski definition) is 1. The maximum absolute atomic E-state index is 6.52. The van der Waals surface area contributed by atoms with Crippen LogP contribution in [0.15, 0.2) is 133 Å². The number of fused-ring (bicyclic) bond motifs is 1. The van der Waals surface area contributed by atoms with Crippen molar-refractivity contribution in [2.75, 3.05) is 0 Å². The molecule has 5 rings (SSSR count). The summed E-state index contributed by atoms with van der Waals surface area (Å²) >= 11 is 0. The number of rotatable bonds is 6. The van der Waals surface area contributed by atoms with Gasteiger partial charge >= 0.3 is 0 Å². The van der Waals surface area contributed by atoms with Gasteiger partial charge in [0.25, 0.3) is 0 Å². The Labute approximate surface area is 207 Å². The van der Waals surface area contributed by atoms with Crippen LogP contribution in [-0.4, -0.2) is 0 Å². The summed E-state index contributed by atoms with van der Waals surface area (Å²) in [7, 11) is 0. The molecular weight excluding hydrogens is 422 g/mol. The Hall–Kier alpha value is -4.36. The fraction of sp³-hybridized carbons (Fsp3) is 0.0588. The van der Waals surface area contributed by atoms with Crippen LogP contribution in [0.2, 0.25) is 0 Å². The van der Waals surface area contributed by atoms with Gasteiger partial charge in [0.2, 0.25) is 0 Å². The van der Waals surface area contributed by atoms with E-state index in [1.165, 1.54) is 33.0 Å². The SMILES string of the molecule is Cc1c(-c2ccc(C(/C=C(\N)c3ccccc3)=C/Cc3ccccc3)cc2)ccc2ccccc12. The van der Waals surface area contributed by atoms with Gasteiger partial charge in [-0.05, 0) is 69.1 Å². The van der Waals surface area contributed by atoms with Crippen LogP contribution in [0.5, 0.6) is 0 Å². The summed E-state index contributed by atoms with van der Waals surface area (Å²) in [5.74, 6) is 0. The van der Waals surface area contributed by atoms with Crippen LogP contribution >= 0.6 is 0 Å². The molecule has 0 amide bonds. The fourth-order valence-electron chi connectivity index (χ4n) is 4.57. The average molecular weight is 452 g/mol. The number of aryl methyl sites for hydroxylation is 1. The lowest BCUT2D eigenvalue weighted by molar-refractivity contribution is 1.27. The number of nitrogens with two attached hydrogens (primary N) is 1. The molecule has 0 heterocycles. The second-order valence-electron chi connectivity index (χ2n) is 8.85. The maximum Gasteiger partial charge on any atom is 0.0393 e. The Bertz CT molecular complexity index is 1490. The third kappa shape index (κ3) is 5.10. The second-order valence-corrected chi connectivity index (χ2v) is 8.85. The fourth-order valence-corrected chi connectivity index (χ4v) is 4.57. The van der Waals surface area contributed by atoms with E-state index < -0.39 is 0 Å². The summed E-state index contributed by atoms with van der Waals surface area (Å²) in [5, 5.41) is 2.58. The summed E-state index contributed by atoms with van der Waals surface area (Å²) < 4.78 is 0. The molecule has 1 nitrogen and oxygen atoms in total. The van der Waals surface area contributed by atoms with E-state index in [1.54, 1.807) is 0 Å². The van der Waals surface area contributed by atoms with Crippen LogP contribution in [0.4, 0.5) is 0 Å². The van der Waals surface area contributed by atoms with E-state index in [1.807, 2.05) is 30.3 Å². The largest absolute Gasteiger partial charge is 0.398 e. The van der Waals surface area contributed by atoms with Crippen molar-refractivity contribution in [2.24, 2.45) is 5.73 Å². The van der Waals surface area contributed by atoms with Crippen LogP contribution < -0.4 is 5.73 Å². The summed E-state index contributed by atoms with van der Waals surface area (Å²) in [4.78, 5) is 0. The monoisotopic (exact) mass is 451 g/mol. The minimum Gasteiger partial charge on any atom is -0.398 e. The highest BCUT2D eigenvalue weighted by Crippen LogP contribution is 2.31. The zero-order valence-corrected chi connectivity index (χ0v) is 20.0. The van der Waals surface area contributed by atoms with Crippen molar-refractivity contribution in [1.29, 1.82) is 0 Å². The average Bonchev–Trinajstić information content (AvgIpc) is 2.92. The Morgan fingerprint density at radius 3 is 2.06 bits per heavy atom. The van der Waals surface area contributed by atoms with Gasteiger partial charge in [-0.1, -0.05) is 127 Å². The van der Waals surface area contributed by atoms with Crippen molar-refractivity contribution >= 4 is 22.0 Å². The lowest BCUT2D eigenvalue weighted by Gasteiger charge is -2.12. The number of hydrogen-bond acceptors (Lipinski definition) is 1. The zero-order chi connectivity index (χ0) is 24.0. The van der Waals surface area contributed by atoms with Gasteiger partial charge in [-0.2, -0.15) is 0 Å². The first-order valence-corrected chi connectivity index (χ1v) is 12.0. The third-order valence-electron chi connectivity index (χ3n) is 6.55. The molecule has 1 heteroatoms. The van der Waals surface area contributed by atoms with Crippen molar-refractivity contribution in [3.05, 3.63) is 156 Å². The van der Waals surface area contributed by atoms with E-state index in [0.717, 1.165) is 28.8 Å². The van der Waals surface area contributed by atoms with Gasteiger partial charge in [0.1, 0.15) is 0 Å². The molecule has 5 aromatic rings. The molecule has 2 N–H and O–H groups in total. The van der Waals surface area contributed by atoms with Gasteiger partial charge in [0.15, 0.2) is 0 Å². The van der Waals surface area contributed by atoms with Crippen molar-refractivity contribution < 1.29 is 0 Å². The highest BCUT2D eigenvalue weighted by atomic mass is 14.6. The van der Waals surface area contributed by atoms with Crippen LogP contribution in [0, 0.1) is 6.92 Å². The molecule has 170 valence electrons. The topological polar surface area (TPSA) is 26.0 Å². The molecule has 35 heavy (non-hydrogen) atoms. The van der Waals surface area contributed by atoms with Crippen molar-refractivity contribution in [3.8, 4) is 11.1 Å². The lowest BCUT2D eigenvalue weighted by atomic mass is 9.93. The Balaban J connectivity index is 1.51. The Kier molecular flexibility index (Phi) is 6.59. The molecule has 0 bridgehead atoms. The van der Waals surface area contributed by atoms with Gasteiger partial charge in [0.05, 0.1) is 0 Å². The van der Waals surface area contributed by atoms with Crippen LogP contribution in [-0.2, 0) is 6.42 Å². The molecule has 0 spiro atoms. The highest BCUT2D eigenvalue weighted by molar-refractivity contribution is 5.92. The van der Waals surface area contributed by atoms with E-state index in [4.69, 9.17) is 5.73 Å². The Morgan fingerprint density at radius 2 is 1.31 bits per heavy atom. The minimum absolute atomic E-state index is 0.763. The molecule has 0 saturated carbocycles. The first-order valence-electron chi connectivity index (χ1n) is 12.0. The smallest absolute Gasteiger partial charge is 0.0393 e. The molecule has 5 aromatic carbocycles. The second kappa shape index (κ2) is 10.3. The summed E-state index contributed by atoms with van der Waals surface area (Å²) in [6.07, 6.45) is 5.20. The summed E-state index contributed by atoms with van der Waals surface area (Å²) in [6.45, 7) is 2.21. The van der Waals surface area contributed by atoms with E-state index in [-0.39, 0.29) is 0 Å². The molecule has 0 atom stereocenters. The van der Waals surface area contributed by atoms with E-state index in [2.05, 4.69) is 110 Å². The molecule has 0 saturated heterocycles. The highest BCUT2D eigenvalue weighted by Gasteiger charge is 2.08. The number of benzene rings is 5. The predicted octanol–water partition coefficient (Wildman–Crippen LogP) is 8.44. The van der Waals surface area contributed by atoms with Crippen molar-refractivity contribution in [2.45, 2.75) is 13.3 Å². The van der Waals surface area contributed by atoms with E-state index >= 15 is 0 Å². The predicted molar refractivity (Wildman–Crippen MR) is 151 cm³/mol. The molecule has 0 unspecified atom stereocenters. The lowest BCUT2D eigenvalue weighted by Crippen LogP contribution is -1.97. The minimum atomic E-state index is 0.763. The van der Waals surface area contributed by atoms with Crippen LogP contribution in [0.25, 0.3) is 33.2 Å². The first-order chi connectivity index (χ1) is 17.2. The quantitative estimate of drug-likeness (QED) is 0.258.